The van der Waals surface area contributed by atoms with Crippen LogP contribution >= 0.6 is 39.9 Å². The van der Waals surface area contributed by atoms with Gasteiger partial charge in [-0.25, -0.2) is 0 Å². The maximum Gasteiger partial charge on any atom is 0.267 e. The Morgan fingerprint density at radius 1 is 1.04 bits per heavy atom. The molecule has 2 aliphatic rings. The minimum atomic E-state index is -0.173. The van der Waals surface area contributed by atoms with Crippen LogP contribution in [0.3, 0.4) is 0 Å². The van der Waals surface area contributed by atoms with Gasteiger partial charge in [-0.3, -0.25) is 14.5 Å². The van der Waals surface area contributed by atoms with E-state index in [0.717, 1.165) is 27.7 Å². The Balaban J connectivity index is 1.81. The summed E-state index contributed by atoms with van der Waals surface area (Å²) in [4.78, 5) is 30.1. The van der Waals surface area contributed by atoms with E-state index < -0.39 is 0 Å². The van der Waals surface area contributed by atoms with Crippen molar-refractivity contribution in [3.8, 4) is 0 Å². The molecule has 2 aromatic carbocycles. The fourth-order valence-electron chi connectivity index (χ4n) is 3.41. The summed E-state index contributed by atoms with van der Waals surface area (Å²) >= 11 is 10.1. The van der Waals surface area contributed by atoms with E-state index in [9.17, 15) is 9.59 Å². The van der Waals surface area contributed by atoms with Crippen LogP contribution < -0.4 is 4.90 Å². The van der Waals surface area contributed by atoms with Crippen LogP contribution in [0.5, 0.6) is 0 Å². The number of fused-ring (bicyclic) bond motifs is 1. The Labute approximate surface area is 181 Å². The molecule has 2 aromatic rings. The van der Waals surface area contributed by atoms with E-state index >= 15 is 0 Å². The Bertz CT molecular complexity index is 1020. The molecule has 2 heterocycles. The molecule has 0 radical (unpaired) electrons. The highest BCUT2D eigenvalue weighted by Gasteiger charge is 2.41. The van der Waals surface area contributed by atoms with Crippen LogP contribution in [0.4, 0.5) is 5.69 Å². The van der Waals surface area contributed by atoms with E-state index in [-0.39, 0.29) is 11.8 Å². The minimum absolute atomic E-state index is 0.158. The standard InChI is InChI=1S/C21H17BrN2O2S2/c1-2-10-23-20(26)18(28-21(23)27)17-15-11-14(22)8-9-16(15)24(19(17)25)12-13-6-4-3-5-7-13/h3-9,11H,2,10,12H2,1H3/b18-17-. The van der Waals surface area contributed by atoms with Gasteiger partial charge in [0.25, 0.3) is 11.8 Å². The second kappa shape index (κ2) is 7.81. The Kier molecular flexibility index (Phi) is 5.40. The topological polar surface area (TPSA) is 40.6 Å². The Hall–Kier alpha value is -1.96. The zero-order valence-electron chi connectivity index (χ0n) is 15.1. The lowest BCUT2D eigenvalue weighted by Gasteiger charge is -2.17. The van der Waals surface area contributed by atoms with Crippen molar-refractivity contribution in [1.29, 1.82) is 0 Å². The van der Waals surface area contributed by atoms with Crippen molar-refractivity contribution in [2.45, 2.75) is 19.9 Å². The smallest absolute Gasteiger partial charge is 0.267 e. The fraction of sp³-hybridized carbons (Fsp3) is 0.190. The summed E-state index contributed by atoms with van der Waals surface area (Å²) in [6.07, 6.45) is 0.811. The molecule has 2 amide bonds. The van der Waals surface area contributed by atoms with Gasteiger partial charge >= 0.3 is 0 Å². The largest absolute Gasteiger partial charge is 0.303 e. The molecule has 142 valence electrons. The molecule has 1 saturated heterocycles. The van der Waals surface area contributed by atoms with E-state index in [1.807, 2.05) is 55.5 Å². The Morgan fingerprint density at radius 2 is 1.79 bits per heavy atom. The molecule has 4 nitrogen and oxygen atoms in total. The number of carbonyl (C=O) groups is 2. The molecule has 0 unspecified atom stereocenters. The summed E-state index contributed by atoms with van der Waals surface area (Å²) in [5, 5.41) is 0. The first-order valence-electron chi connectivity index (χ1n) is 8.95. The zero-order chi connectivity index (χ0) is 19.8. The molecule has 0 atom stereocenters. The lowest BCUT2D eigenvalue weighted by Crippen LogP contribution is -2.29. The van der Waals surface area contributed by atoms with Crippen molar-refractivity contribution in [3.63, 3.8) is 0 Å². The van der Waals surface area contributed by atoms with Gasteiger partial charge in [0.2, 0.25) is 0 Å². The number of anilines is 1. The summed E-state index contributed by atoms with van der Waals surface area (Å²) in [5.74, 6) is -0.332. The van der Waals surface area contributed by atoms with Crippen LogP contribution in [0.1, 0.15) is 24.5 Å². The fourth-order valence-corrected chi connectivity index (χ4v) is 5.15. The van der Waals surface area contributed by atoms with Crippen LogP contribution in [0, 0.1) is 0 Å². The second-order valence-corrected chi connectivity index (χ2v) is 9.13. The first kappa shape index (κ1) is 19.4. The number of hydrogen-bond donors (Lipinski definition) is 0. The third-order valence-corrected chi connectivity index (χ3v) is 6.63. The van der Waals surface area contributed by atoms with Gasteiger partial charge in [0.05, 0.1) is 22.7 Å². The van der Waals surface area contributed by atoms with E-state index in [4.69, 9.17) is 12.2 Å². The van der Waals surface area contributed by atoms with E-state index in [1.54, 1.807) is 9.80 Å². The van der Waals surface area contributed by atoms with Crippen molar-refractivity contribution in [1.82, 2.24) is 4.90 Å². The van der Waals surface area contributed by atoms with Crippen LogP contribution in [0.25, 0.3) is 5.57 Å². The first-order chi connectivity index (χ1) is 13.5. The molecule has 1 fully saturated rings. The maximum atomic E-state index is 13.4. The number of benzene rings is 2. The average molecular weight is 473 g/mol. The van der Waals surface area contributed by atoms with Crippen molar-refractivity contribution in [2.75, 3.05) is 11.4 Å². The summed E-state index contributed by atoms with van der Waals surface area (Å²) in [6, 6.07) is 15.6. The van der Waals surface area contributed by atoms with Gasteiger partial charge in [-0.05, 0) is 30.2 Å². The number of halogens is 1. The predicted octanol–water partition coefficient (Wildman–Crippen LogP) is 4.98. The number of thiocarbonyl (C=S) groups is 1. The molecule has 0 bridgehead atoms. The number of amides is 2. The highest BCUT2D eigenvalue weighted by Crippen LogP contribution is 2.45. The third-order valence-electron chi connectivity index (χ3n) is 4.68. The van der Waals surface area contributed by atoms with Gasteiger partial charge in [0.1, 0.15) is 4.32 Å². The SMILES string of the molecule is CCCN1C(=O)/C(=C2/C(=O)N(Cc3ccccc3)c3ccc(Br)cc32)SC1=S. The first-order valence-corrected chi connectivity index (χ1v) is 11.0. The van der Waals surface area contributed by atoms with Crippen LogP contribution in [0.15, 0.2) is 57.9 Å². The molecule has 0 spiro atoms. The lowest BCUT2D eigenvalue weighted by molar-refractivity contribution is -0.122. The van der Waals surface area contributed by atoms with Crippen LogP contribution in [-0.4, -0.2) is 27.6 Å². The molecular formula is C21H17BrN2O2S2. The van der Waals surface area contributed by atoms with E-state index in [1.165, 1.54) is 11.8 Å². The monoisotopic (exact) mass is 472 g/mol. The molecule has 4 rings (SSSR count). The van der Waals surface area contributed by atoms with Crippen molar-refractivity contribution >= 4 is 67.3 Å². The number of thioether (sulfide) groups is 1. The van der Waals surface area contributed by atoms with E-state index in [2.05, 4.69) is 15.9 Å². The molecule has 0 aromatic heterocycles. The van der Waals surface area contributed by atoms with Gasteiger partial charge in [0, 0.05) is 16.6 Å². The third kappa shape index (κ3) is 3.32. The Morgan fingerprint density at radius 3 is 2.50 bits per heavy atom. The van der Waals surface area contributed by atoms with Crippen LogP contribution in [0.2, 0.25) is 0 Å². The lowest BCUT2D eigenvalue weighted by atomic mass is 10.1. The van der Waals surface area contributed by atoms with Crippen molar-refractivity contribution < 1.29 is 9.59 Å². The van der Waals surface area contributed by atoms with Gasteiger partial charge in [-0.1, -0.05) is 77.2 Å². The zero-order valence-corrected chi connectivity index (χ0v) is 18.4. The van der Waals surface area contributed by atoms with Crippen molar-refractivity contribution in [3.05, 3.63) is 69.0 Å². The maximum absolute atomic E-state index is 13.4. The normalized spacial score (nSPS) is 19.0. The molecule has 28 heavy (non-hydrogen) atoms. The molecular weight excluding hydrogens is 456 g/mol. The average Bonchev–Trinajstić information content (AvgIpc) is 3.10. The van der Waals surface area contributed by atoms with E-state index in [0.29, 0.717) is 27.9 Å². The van der Waals surface area contributed by atoms with Gasteiger partial charge in [0.15, 0.2) is 0 Å². The number of rotatable bonds is 4. The molecule has 0 saturated carbocycles. The summed E-state index contributed by atoms with van der Waals surface area (Å²) in [5.41, 5.74) is 3.06. The quantitative estimate of drug-likeness (QED) is 0.464. The summed E-state index contributed by atoms with van der Waals surface area (Å²) in [7, 11) is 0. The molecule has 0 aliphatic carbocycles. The van der Waals surface area contributed by atoms with Gasteiger partial charge < -0.3 is 4.90 Å². The van der Waals surface area contributed by atoms with Crippen molar-refractivity contribution in [2.24, 2.45) is 0 Å². The number of nitrogens with zero attached hydrogens (tertiary/aromatic N) is 2. The number of carbonyl (C=O) groups excluding carboxylic acids is 2. The predicted molar refractivity (Wildman–Crippen MR) is 121 cm³/mol. The summed E-state index contributed by atoms with van der Waals surface area (Å²) < 4.78 is 1.38. The van der Waals surface area contributed by atoms with Crippen LogP contribution in [-0.2, 0) is 16.1 Å². The van der Waals surface area contributed by atoms with Gasteiger partial charge in [-0.15, -0.1) is 0 Å². The highest BCUT2D eigenvalue weighted by atomic mass is 79.9. The second-order valence-electron chi connectivity index (χ2n) is 6.57. The molecule has 0 N–H and O–H groups in total. The molecule has 7 heteroatoms. The number of hydrogen-bond acceptors (Lipinski definition) is 4. The minimum Gasteiger partial charge on any atom is -0.303 e. The molecule has 2 aliphatic heterocycles. The summed E-state index contributed by atoms with van der Waals surface area (Å²) in [6.45, 7) is 3.02. The van der Waals surface area contributed by atoms with Gasteiger partial charge in [-0.2, -0.15) is 0 Å². The highest BCUT2D eigenvalue weighted by molar-refractivity contribution is 9.10.